The Hall–Kier alpha value is -1.55. The van der Waals surface area contributed by atoms with E-state index in [1.54, 1.807) is 31.2 Å². The first-order valence-corrected chi connectivity index (χ1v) is 5.21. The van der Waals surface area contributed by atoms with Crippen molar-refractivity contribution in [3.63, 3.8) is 0 Å². The van der Waals surface area contributed by atoms with Gasteiger partial charge in [-0.25, -0.2) is 0 Å². The van der Waals surface area contributed by atoms with E-state index >= 15 is 0 Å². The van der Waals surface area contributed by atoms with Crippen LogP contribution in [0, 0.1) is 0 Å². The molecule has 0 bridgehead atoms. The topological polar surface area (TPSA) is 55.4 Å². The van der Waals surface area contributed by atoms with Crippen molar-refractivity contribution in [1.82, 2.24) is 5.32 Å². The van der Waals surface area contributed by atoms with Crippen LogP contribution in [0.5, 0.6) is 0 Å². The van der Waals surface area contributed by atoms with Crippen LogP contribution in [0.3, 0.4) is 0 Å². The van der Waals surface area contributed by atoms with Crippen LogP contribution in [-0.4, -0.2) is 25.0 Å². The third kappa shape index (κ3) is 3.55. The van der Waals surface area contributed by atoms with Gasteiger partial charge in [0.15, 0.2) is 0 Å². The number of carbonyl (C=O) groups is 2. The molecule has 1 N–H and O–H groups in total. The molecule has 0 spiro atoms. The van der Waals surface area contributed by atoms with Gasteiger partial charge in [-0.1, -0.05) is 23.7 Å². The van der Waals surface area contributed by atoms with Gasteiger partial charge < -0.3 is 10.1 Å². The molecule has 0 atom stereocenters. The number of amides is 1. The average molecular weight is 242 g/mol. The lowest BCUT2D eigenvalue weighted by Crippen LogP contribution is -2.30. The van der Waals surface area contributed by atoms with E-state index < -0.39 is 11.9 Å². The summed E-state index contributed by atoms with van der Waals surface area (Å²) in [4.78, 5) is 22.6. The molecule has 0 aliphatic heterocycles. The molecule has 16 heavy (non-hydrogen) atoms. The van der Waals surface area contributed by atoms with Crippen LogP contribution in [0.25, 0.3) is 0 Å². The molecule has 0 radical (unpaired) electrons. The molecular weight excluding hydrogens is 230 g/mol. The van der Waals surface area contributed by atoms with Crippen LogP contribution in [0.15, 0.2) is 24.3 Å². The first kappa shape index (κ1) is 12.5. The van der Waals surface area contributed by atoms with E-state index in [9.17, 15) is 9.59 Å². The van der Waals surface area contributed by atoms with Crippen LogP contribution >= 0.6 is 11.6 Å². The lowest BCUT2D eigenvalue weighted by atomic mass is 10.2. The van der Waals surface area contributed by atoms with Gasteiger partial charge in [0.2, 0.25) is 0 Å². The van der Waals surface area contributed by atoms with Crippen molar-refractivity contribution in [1.29, 1.82) is 0 Å². The zero-order valence-corrected chi connectivity index (χ0v) is 9.58. The Balaban J connectivity index is 2.54. The van der Waals surface area contributed by atoms with Crippen molar-refractivity contribution in [3.8, 4) is 0 Å². The average Bonchev–Trinajstić information content (AvgIpc) is 2.27. The second kappa shape index (κ2) is 6.12. The maximum absolute atomic E-state index is 11.6. The number of ether oxygens (including phenoxy) is 1. The Morgan fingerprint density at radius 2 is 2.06 bits per heavy atom. The highest BCUT2D eigenvalue weighted by Gasteiger charge is 2.10. The molecule has 0 fully saturated rings. The second-order valence-electron chi connectivity index (χ2n) is 2.97. The maximum Gasteiger partial charge on any atom is 0.325 e. The second-order valence-corrected chi connectivity index (χ2v) is 3.37. The molecule has 0 saturated carbocycles. The predicted octanol–water partition coefficient (Wildman–Crippen LogP) is 1.63. The van der Waals surface area contributed by atoms with Crippen molar-refractivity contribution in [3.05, 3.63) is 34.9 Å². The fourth-order valence-corrected chi connectivity index (χ4v) is 1.33. The van der Waals surface area contributed by atoms with Crippen molar-refractivity contribution in [2.24, 2.45) is 0 Å². The molecule has 4 nitrogen and oxygen atoms in total. The van der Waals surface area contributed by atoms with Gasteiger partial charge in [-0.15, -0.1) is 0 Å². The number of carbonyl (C=O) groups excluding carboxylic acids is 2. The van der Waals surface area contributed by atoms with Crippen molar-refractivity contribution in [2.45, 2.75) is 6.92 Å². The SMILES string of the molecule is CCOC(=O)CNC(=O)c1ccccc1Cl. The van der Waals surface area contributed by atoms with Crippen molar-refractivity contribution in [2.75, 3.05) is 13.2 Å². The van der Waals surface area contributed by atoms with E-state index in [1.807, 2.05) is 0 Å². The van der Waals surface area contributed by atoms with Crippen LogP contribution in [0.2, 0.25) is 5.02 Å². The Labute approximate surface area is 98.5 Å². The highest BCUT2D eigenvalue weighted by molar-refractivity contribution is 6.33. The zero-order chi connectivity index (χ0) is 12.0. The van der Waals surface area contributed by atoms with Gasteiger partial charge in [0, 0.05) is 0 Å². The van der Waals surface area contributed by atoms with E-state index in [0.29, 0.717) is 17.2 Å². The van der Waals surface area contributed by atoms with Gasteiger partial charge in [-0.05, 0) is 19.1 Å². The predicted molar refractivity (Wildman–Crippen MR) is 60.4 cm³/mol. The molecule has 1 aromatic carbocycles. The van der Waals surface area contributed by atoms with Crippen molar-refractivity contribution < 1.29 is 14.3 Å². The normalized spacial score (nSPS) is 9.62. The van der Waals surface area contributed by atoms with Crippen LogP contribution < -0.4 is 5.32 Å². The summed E-state index contributed by atoms with van der Waals surface area (Å²) in [5.74, 6) is -0.860. The van der Waals surface area contributed by atoms with E-state index in [4.69, 9.17) is 11.6 Å². The van der Waals surface area contributed by atoms with Gasteiger partial charge in [-0.3, -0.25) is 9.59 Å². The summed E-state index contributed by atoms with van der Waals surface area (Å²) in [5.41, 5.74) is 0.341. The Bertz CT molecular complexity index is 393. The minimum atomic E-state index is -0.470. The van der Waals surface area contributed by atoms with E-state index in [-0.39, 0.29) is 6.54 Å². The maximum atomic E-state index is 11.6. The molecular formula is C11H12ClNO3. The minimum absolute atomic E-state index is 0.155. The van der Waals surface area contributed by atoms with E-state index in [1.165, 1.54) is 0 Å². The Morgan fingerprint density at radius 3 is 2.69 bits per heavy atom. The third-order valence-corrected chi connectivity index (χ3v) is 2.15. The summed E-state index contributed by atoms with van der Waals surface area (Å²) >= 11 is 5.82. The standard InChI is InChI=1S/C11H12ClNO3/c1-2-16-10(14)7-13-11(15)8-5-3-4-6-9(8)12/h3-6H,2,7H2,1H3,(H,13,15). The molecule has 0 heterocycles. The zero-order valence-electron chi connectivity index (χ0n) is 8.83. The molecule has 0 aliphatic rings. The number of hydrogen-bond acceptors (Lipinski definition) is 3. The third-order valence-electron chi connectivity index (χ3n) is 1.82. The summed E-state index contributed by atoms with van der Waals surface area (Å²) in [7, 11) is 0. The molecule has 86 valence electrons. The minimum Gasteiger partial charge on any atom is -0.465 e. The summed E-state index contributed by atoms with van der Waals surface area (Å²) in [6, 6.07) is 6.62. The first-order valence-electron chi connectivity index (χ1n) is 4.83. The van der Waals surface area contributed by atoms with E-state index in [2.05, 4.69) is 10.1 Å². The molecule has 0 aliphatic carbocycles. The summed E-state index contributed by atoms with van der Waals surface area (Å²) in [5, 5.41) is 2.78. The first-order chi connectivity index (χ1) is 7.65. The number of rotatable bonds is 4. The number of esters is 1. The highest BCUT2D eigenvalue weighted by Crippen LogP contribution is 2.14. The molecule has 5 heteroatoms. The van der Waals surface area contributed by atoms with Crippen LogP contribution in [0.4, 0.5) is 0 Å². The van der Waals surface area contributed by atoms with Gasteiger partial charge in [0.05, 0.1) is 17.2 Å². The number of hydrogen-bond donors (Lipinski definition) is 1. The fraction of sp³-hybridized carbons (Fsp3) is 0.273. The van der Waals surface area contributed by atoms with Crippen LogP contribution in [-0.2, 0) is 9.53 Å². The fourth-order valence-electron chi connectivity index (χ4n) is 1.11. The lowest BCUT2D eigenvalue weighted by Gasteiger charge is -2.05. The number of halogens is 1. The summed E-state index contributed by atoms with van der Waals surface area (Å²) in [6.45, 7) is 1.84. The molecule has 1 aromatic rings. The number of nitrogens with one attached hydrogen (secondary N) is 1. The molecule has 0 aromatic heterocycles. The number of benzene rings is 1. The largest absolute Gasteiger partial charge is 0.465 e. The van der Waals surface area contributed by atoms with Gasteiger partial charge in [-0.2, -0.15) is 0 Å². The van der Waals surface area contributed by atoms with Crippen LogP contribution in [0.1, 0.15) is 17.3 Å². The van der Waals surface area contributed by atoms with Gasteiger partial charge >= 0.3 is 5.97 Å². The van der Waals surface area contributed by atoms with Gasteiger partial charge in [0.1, 0.15) is 6.54 Å². The molecule has 0 saturated heterocycles. The molecule has 1 rings (SSSR count). The monoisotopic (exact) mass is 241 g/mol. The Morgan fingerprint density at radius 1 is 1.38 bits per heavy atom. The smallest absolute Gasteiger partial charge is 0.325 e. The molecule has 1 amide bonds. The Kier molecular flexibility index (Phi) is 4.79. The highest BCUT2D eigenvalue weighted by atomic mass is 35.5. The lowest BCUT2D eigenvalue weighted by molar-refractivity contribution is -0.141. The summed E-state index contributed by atoms with van der Waals surface area (Å²) in [6.07, 6.45) is 0. The summed E-state index contributed by atoms with van der Waals surface area (Å²) < 4.78 is 4.67. The molecule has 0 unspecified atom stereocenters. The quantitative estimate of drug-likeness (QED) is 0.816. The van der Waals surface area contributed by atoms with E-state index in [0.717, 1.165) is 0 Å². The van der Waals surface area contributed by atoms with Gasteiger partial charge in [0.25, 0.3) is 5.91 Å². The van der Waals surface area contributed by atoms with Crippen molar-refractivity contribution >= 4 is 23.5 Å².